The standard InChI is InChI=1S/C15H21BrFNO2S/c1-10-8-12(17)9-11(2)15(10)21(19,20)18(3)14-7-5-4-6-13(14)16/h8-9,13-14H,4-7H2,1-3H3. The quantitative estimate of drug-likeness (QED) is 0.751. The van der Waals surface area contributed by atoms with Crippen molar-refractivity contribution >= 4 is 26.0 Å². The number of hydrogen-bond donors (Lipinski definition) is 0. The minimum atomic E-state index is -3.61. The van der Waals surface area contributed by atoms with Gasteiger partial charge in [-0.15, -0.1) is 0 Å². The van der Waals surface area contributed by atoms with Crippen LogP contribution in [0.4, 0.5) is 4.39 Å². The van der Waals surface area contributed by atoms with Crippen molar-refractivity contribution in [2.24, 2.45) is 0 Å². The average molecular weight is 378 g/mol. The average Bonchev–Trinajstić information content (AvgIpc) is 2.36. The molecule has 1 saturated carbocycles. The number of benzene rings is 1. The molecule has 1 aromatic carbocycles. The predicted octanol–water partition coefficient (Wildman–Crippen LogP) is 3.77. The molecule has 0 spiro atoms. The van der Waals surface area contributed by atoms with E-state index in [1.54, 1.807) is 20.9 Å². The molecule has 0 radical (unpaired) electrons. The summed E-state index contributed by atoms with van der Waals surface area (Å²) in [6.45, 7) is 3.28. The Hall–Kier alpha value is -0.460. The first-order chi connectivity index (χ1) is 9.75. The van der Waals surface area contributed by atoms with Crippen molar-refractivity contribution in [2.75, 3.05) is 7.05 Å². The van der Waals surface area contributed by atoms with Crippen molar-refractivity contribution in [1.82, 2.24) is 4.31 Å². The summed E-state index contributed by atoms with van der Waals surface area (Å²) in [5.41, 5.74) is 0.919. The SMILES string of the molecule is Cc1cc(F)cc(C)c1S(=O)(=O)N(C)C1CCCCC1Br. The summed E-state index contributed by atoms with van der Waals surface area (Å²) < 4.78 is 40.7. The van der Waals surface area contributed by atoms with Gasteiger partial charge in [-0.2, -0.15) is 4.31 Å². The molecule has 0 bridgehead atoms. The van der Waals surface area contributed by atoms with Crippen LogP contribution in [0.5, 0.6) is 0 Å². The van der Waals surface area contributed by atoms with Crippen LogP contribution in [0.2, 0.25) is 0 Å². The number of halogens is 2. The Labute approximate surface area is 134 Å². The first-order valence-electron chi connectivity index (χ1n) is 7.14. The van der Waals surface area contributed by atoms with Crippen molar-refractivity contribution in [1.29, 1.82) is 0 Å². The van der Waals surface area contributed by atoms with E-state index in [1.807, 2.05) is 0 Å². The zero-order valence-electron chi connectivity index (χ0n) is 12.6. The molecule has 1 aliphatic carbocycles. The lowest BCUT2D eigenvalue weighted by molar-refractivity contribution is 0.297. The van der Waals surface area contributed by atoms with Gasteiger partial charge in [0.2, 0.25) is 10.0 Å². The number of aryl methyl sites for hydroxylation is 2. The fourth-order valence-electron chi connectivity index (χ4n) is 3.10. The summed E-state index contributed by atoms with van der Waals surface area (Å²) in [5.74, 6) is -0.400. The molecule has 3 nitrogen and oxygen atoms in total. The number of rotatable bonds is 3. The summed E-state index contributed by atoms with van der Waals surface area (Å²) in [5, 5.41) is 0. The Morgan fingerprint density at radius 2 is 1.71 bits per heavy atom. The number of hydrogen-bond acceptors (Lipinski definition) is 2. The van der Waals surface area contributed by atoms with Gasteiger partial charge >= 0.3 is 0 Å². The first kappa shape index (κ1) is 16.9. The van der Waals surface area contributed by atoms with E-state index in [1.165, 1.54) is 16.4 Å². The molecule has 6 heteroatoms. The van der Waals surface area contributed by atoms with Crippen LogP contribution in [-0.4, -0.2) is 30.6 Å². The van der Waals surface area contributed by atoms with Crippen molar-refractivity contribution in [3.63, 3.8) is 0 Å². The molecule has 1 fully saturated rings. The van der Waals surface area contributed by atoms with Crippen LogP contribution in [0.1, 0.15) is 36.8 Å². The molecule has 2 unspecified atom stereocenters. The highest BCUT2D eigenvalue weighted by Gasteiger charge is 2.35. The highest BCUT2D eigenvalue weighted by Crippen LogP contribution is 2.32. The minimum absolute atomic E-state index is 0.0485. The molecule has 0 amide bonds. The van der Waals surface area contributed by atoms with Crippen LogP contribution in [0.3, 0.4) is 0 Å². The molecule has 118 valence electrons. The zero-order chi connectivity index (χ0) is 15.8. The molecule has 0 aromatic heterocycles. The predicted molar refractivity (Wildman–Crippen MR) is 85.8 cm³/mol. The molecule has 0 N–H and O–H groups in total. The molecule has 0 heterocycles. The topological polar surface area (TPSA) is 37.4 Å². The third-order valence-corrected chi connectivity index (χ3v) is 7.43. The van der Waals surface area contributed by atoms with Crippen molar-refractivity contribution in [3.05, 3.63) is 29.1 Å². The maximum atomic E-state index is 13.4. The van der Waals surface area contributed by atoms with Gasteiger partial charge < -0.3 is 0 Å². The largest absolute Gasteiger partial charge is 0.243 e. The lowest BCUT2D eigenvalue weighted by Gasteiger charge is -2.34. The smallest absolute Gasteiger partial charge is 0.207 e. The molecule has 1 aliphatic rings. The molecule has 1 aromatic rings. The Bertz CT molecular complexity index is 610. The summed E-state index contributed by atoms with van der Waals surface area (Å²) in [7, 11) is -1.99. The van der Waals surface area contributed by atoms with Crippen LogP contribution in [0.15, 0.2) is 17.0 Å². The fourth-order valence-corrected chi connectivity index (χ4v) is 6.03. The van der Waals surface area contributed by atoms with Crippen LogP contribution in [0, 0.1) is 19.7 Å². The monoisotopic (exact) mass is 377 g/mol. The Morgan fingerprint density at radius 1 is 1.19 bits per heavy atom. The zero-order valence-corrected chi connectivity index (χ0v) is 15.0. The molecule has 21 heavy (non-hydrogen) atoms. The van der Waals surface area contributed by atoms with E-state index in [-0.39, 0.29) is 15.8 Å². The van der Waals surface area contributed by atoms with Gasteiger partial charge in [-0.25, -0.2) is 12.8 Å². The summed E-state index contributed by atoms with van der Waals surface area (Å²) in [4.78, 5) is 0.406. The van der Waals surface area contributed by atoms with Crippen LogP contribution in [0.25, 0.3) is 0 Å². The summed E-state index contributed by atoms with van der Waals surface area (Å²) in [6.07, 6.45) is 3.99. The molecule has 0 aliphatic heterocycles. The van der Waals surface area contributed by atoms with Gasteiger partial charge in [-0.3, -0.25) is 0 Å². The number of nitrogens with zero attached hydrogens (tertiary/aromatic N) is 1. The van der Waals surface area contributed by atoms with E-state index in [0.29, 0.717) is 11.1 Å². The van der Waals surface area contributed by atoms with Gasteiger partial charge in [0.25, 0.3) is 0 Å². The maximum absolute atomic E-state index is 13.4. The van der Waals surface area contributed by atoms with Crippen molar-refractivity contribution < 1.29 is 12.8 Å². The lowest BCUT2D eigenvalue weighted by Crippen LogP contribution is -2.44. The fraction of sp³-hybridized carbons (Fsp3) is 0.600. The summed E-state index contributed by atoms with van der Waals surface area (Å²) >= 11 is 3.60. The van der Waals surface area contributed by atoms with Gasteiger partial charge in [0.1, 0.15) is 5.82 Å². The third kappa shape index (κ3) is 3.32. The second-order valence-corrected chi connectivity index (χ2v) is 8.87. The van der Waals surface area contributed by atoms with E-state index in [9.17, 15) is 12.8 Å². The third-order valence-electron chi connectivity index (χ3n) is 4.18. The molecule has 0 saturated heterocycles. The Morgan fingerprint density at radius 3 is 2.24 bits per heavy atom. The van der Waals surface area contributed by atoms with Gasteiger partial charge in [-0.1, -0.05) is 28.8 Å². The molecular weight excluding hydrogens is 357 g/mol. The number of alkyl halides is 1. The highest BCUT2D eigenvalue weighted by atomic mass is 79.9. The lowest BCUT2D eigenvalue weighted by atomic mass is 9.96. The Balaban J connectivity index is 2.42. The van der Waals surface area contributed by atoms with E-state index in [4.69, 9.17) is 0 Å². The van der Waals surface area contributed by atoms with Crippen LogP contribution in [-0.2, 0) is 10.0 Å². The maximum Gasteiger partial charge on any atom is 0.243 e. The molecule has 2 atom stereocenters. The first-order valence-corrected chi connectivity index (χ1v) is 9.49. The van der Waals surface area contributed by atoms with Gasteiger partial charge in [-0.05, 0) is 49.9 Å². The molecule has 2 rings (SSSR count). The van der Waals surface area contributed by atoms with Crippen LogP contribution >= 0.6 is 15.9 Å². The van der Waals surface area contributed by atoms with Gasteiger partial charge in [0.05, 0.1) is 4.90 Å². The number of sulfonamides is 1. The van der Waals surface area contributed by atoms with Crippen molar-refractivity contribution in [2.45, 2.75) is 55.3 Å². The second kappa shape index (κ2) is 6.34. The minimum Gasteiger partial charge on any atom is -0.207 e. The highest BCUT2D eigenvalue weighted by molar-refractivity contribution is 9.09. The Kier molecular flexibility index (Phi) is 5.11. The van der Waals surface area contributed by atoms with Gasteiger partial charge in [0.15, 0.2) is 0 Å². The summed E-state index contributed by atoms with van der Waals surface area (Å²) in [6, 6.07) is 2.51. The van der Waals surface area contributed by atoms with E-state index in [2.05, 4.69) is 15.9 Å². The normalized spacial score (nSPS) is 23.5. The molecular formula is C15H21BrFNO2S. The van der Waals surface area contributed by atoms with E-state index in [0.717, 1.165) is 25.7 Å². The van der Waals surface area contributed by atoms with Gasteiger partial charge in [0, 0.05) is 17.9 Å². The second-order valence-electron chi connectivity index (χ2n) is 5.76. The van der Waals surface area contributed by atoms with E-state index >= 15 is 0 Å². The van der Waals surface area contributed by atoms with Crippen molar-refractivity contribution in [3.8, 4) is 0 Å². The van der Waals surface area contributed by atoms with E-state index < -0.39 is 15.8 Å². The van der Waals surface area contributed by atoms with Crippen LogP contribution < -0.4 is 0 Å².